The van der Waals surface area contributed by atoms with Crippen LogP contribution in [0.15, 0.2) is 79.1 Å². The second kappa shape index (κ2) is 18.5. The number of hydrogen-bond donors (Lipinski definition) is 5. The minimum absolute atomic E-state index is 0.215. The molecule has 0 unspecified atom stereocenters. The van der Waals surface area contributed by atoms with Gasteiger partial charge >= 0.3 is 12.2 Å². The molecule has 1 heterocycles. The first-order valence-electron chi connectivity index (χ1n) is 17.0. The van der Waals surface area contributed by atoms with E-state index in [0.29, 0.717) is 19.4 Å². The summed E-state index contributed by atoms with van der Waals surface area (Å²) in [5.41, 5.74) is 3.17. The van der Waals surface area contributed by atoms with Crippen LogP contribution < -0.4 is 21.3 Å². The summed E-state index contributed by atoms with van der Waals surface area (Å²) in [7, 11) is 2.59. The maximum atomic E-state index is 13.8. The molecule has 3 rings (SSSR count). The normalized spacial score (nSPS) is 14.7. The summed E-state index contributed by atoms with van der Waals surface area (Å²) in [4.78, 5) is 42.3. The van der Waals surface area contributed by atoms with E-state index in [4.69, 9.17) is 9.47 Å². The van der Waals surface area contributed by atoms with Crippen molar-refractivity contribution in [3.8, 4) is 11.1 Å². The van der Waals surface area contributed by atoms with Gasteiger partial charge in [-0.1, -0.05) is 96.1 Å². The van der Waals surface area contributed by atoms with Crippen molar-refractivity contribution in [3.63, 3.8) is 0 Å². The van der Waals surface area contributed by atoms with Crippen LogP contribution in [-0.2, 0) is 27.1 Å². The highest BCUT2D eigenvalue weighted by atomic mass is 16.5. The van der Waals surface area contributed by atoms with Crippen LogP contribution in [0.5, 0.6) is 0 Å². The van der Waals surface area contributed by atoms with E-state index in [1.54, 1.807) is 12.4 Å². The summed E-state index contributed by atoms with van der Waals surface area (Å²) in [5, 5.41) is 24.2. The number of nitrogens with zero attached hydrogens (tertiary/aromatic N) is 1. The average Bonchev–Trinajstić information content (AvgIpc) is 3.08. The third-order valence-corrected chi connectivity index (χ3v) is 8.77. The van der Waals surface area contributed by atoms with Crippen molar-refractivity contribution in [2.75, 3.05) is 20.8 Å². The molecule has 5 atom stereocenters. The van der Waals surface area contributed by atoms with Gasteiger partial charge in [0.25, 0.3) is 0 Å². The van der Waals surface area contributed by atoms with Crippen molar-refractivity contribution in [3.05, 3.63) is 90.3 Å². The Kier molecular flexibility index (Phi) is 14.8. The van der Waals surface area contributed by atoms with Crippen LogP contribution in [0.1, 0.15) is 59.1 Å². The largest absolute Gasteiger partial charge is 0.453 e. The Hall–Kier alpha value is -4.48. The van der Waals surface area contributed by atoms with E-state index in [-0.39, 0.29) is 23.8 Å². The van der Waals surface area contributed by atoms with E-state index in [9.17, 15) is 19.5 Å². The van der Waals surface area contributed by atoms with Gasteiger partial charge in [-0.15, -0.1) is 0 Å². The molecule has 11 nitrogen and oxygen atoms in total. The fourth-order valence-corrected chi connectivity index (χ4v) is 5.70. The number of benzene rings is 2. The molecule has 11 heteroatoms. The van der Waals surface area contributed by atoms with Crippen LogP contribution >= 0.6 is 0 Å². The summed E-state index contributed by atoms with van der Waals surface area (Å²) in [6, 6.07) is 19.7. The van der Waals surface area contributed by atoms with Crippen LogP contribution in [0, 0.1) is 10.8 Å². The maximum absolute atomic E-state index is 13.8. The molecular weight excluding hydrogens is 634 g/mol. The first kappa shape index (κ1) is 40.0. The van der Waals surface area contributed by atoms with Crippen molar-refractivity contribution in [1.82, 2.24) is 26.3 Å². The first-order chi connectivity index (χ1) is 23.6. The van der Waals surface area contributed by atoms with Crippen molar-refractivity contribution < 1.29 is 29.0 Å². The third-order valence-electron chi connectivity index (χ3n) is 8.77. The number of amides is 3. The number of hydrogen-bond acceptors (Lipinski definition) is 8. The summed E-state index contributed by atoms with van der Waals surface area (Å²) in [6.45, 7) is 12.0. The lowest BCUT2D eigenvalue weighted by atomic mass is 9.85. The molecule has 0 radical (unpaired) electrons. The minimum Gasteiger partial charge on any atom is -0.453 e. The van der Waals surface area contributed by atoms with Crippen LogP contribution in [0.25, 0.3) is 11.1 Å². The molecule has 0 saturated carbocycles. The SMILES string of the molecule is COC(=O)N[C@H](C(=O)N[C@@H](Cc1ccccc1)C[C@H](O)[C@H](Cc1ccc(-c2ccncc2)cc1)NC[C@@H](NC(=O)OC)C(C)(C)C)C(C)(C)C. The molecule has 2 aromatic carbocycles. The van der Waals surface area contributed by atoms with Gasteiger partial charge < -0.3 is 35.8 Å². The maximum Gasteiger partial charge on any atom is 0.407 e. The van der Waals surface area contributed by atoms with Gasteiger partial charge in [-0.2, -0.15) is 0 Å². The lowest BCUT2D eigenvalue weighted by Gasteiger charge is -2.35. The van der Waals surface area contributed by atoms with Gasteiger partial charge in [0.1, 0.15) is 6.04 Å². The number of aliphatic hydroxyl groups excluding tert-OH is 1. The number of aliphatic hydroxyl groups is 1. The van der Waals surface area contributed by atoms with Crippen LogP contribution in [0.4, 0.5) is 9.59 Å². The number of ether oxygens (including phenoxy) is 2. The molecule has 0 aliphatic carbocycles. The van der Waals surface area contributed by atoms with Crippen LogP contribution in [-0.4, -0.2) is 79.2 Å². The van der Waals surface area contributed by atoms with Gasteiger partial charge in [-0.25, -0.2) is 9.59 Å². The molecule has 272 valence electrons. The number of nitrogens with one attached hydrogen (secondary N) is 4. The summed E-state index contributed by atoms with van der Waals surface area (Å²) < 4.78 is 9.69. The van der Waals surface area contributed by atoms with Gasteiger partial charge in [-0.05, 0) is 64.5 Å². The summed E-state index contributed by atoms with van der Waals surface area (Å²) in [6.07, 6.45) is 2.52. The van der Waals surface area contributed by atoms with Gasteiger partial charge in [0.05, 0.1) is 20.3 Å². The zero-order chi connectivity index (χ0) is 36.9. The lowest BCUT2D eigenvalue weighted by Crippen LogP contribution is -2.57. The smallest absolute Gasteiger partial charge is 0.407 e. The third kappa shape index (κ3) is 12.8. The number of rotatable bonds is 15. The quantitative estimate of drug-likeness (QED) is 0.145. The van der Waals surface area contributed by atoms with Gasteiger partial charge in [0, 0.05) is 37.1 Å². The molecule has 0 aliphatic heterocycles. The highest BCUT2D eigenvalue weighted by Crippen LogP contribution is 2.24. The molecular formula is C39H55N5O6. The first-order valence-corrected chi connectivity index (χ1v) is 17.0. The molecule has 0 aliphatic rings. The molecule has 3 aromatic rings. The topological polar surface area (TPSA) is 151 Å². The monoisotopic (exact) mass is 689 g/mol. The molecule has 0 fully saturated rings. The Balaban J connectivity index is 1.91. The van der Waals surface area contributed by atoms with Gasteiger partial charge in [0.15, 0.2) is 0 Å². The van der Waals surface area contributed by atoms with E-state index >= 15 is 0 Å². The molecule has 50 heavy (non-hydrogen) atoms. The molecule has 0 saturated heterocycles. The predicted octanol–water partition coefficient (Wildman–Crippen LogP) is 5.27. The number of pyridine rings is 1. The Morgan fingerprint density at radius 1 is 0.720 bits per heavy atom. The van der Waals surface area contributed by atoms with Gasteiger partial charge in [-0.3, -0.25) is 9.78 Å². The highest BCUT2D eigenvalue weighted by Gasteiger charge is 2.35. The van der Waals surface area contributed by atoms with E-state index in [0.717, 1.165) is 22.3 Å². The van der Waals surface area contributed by atoms with Crippen LogP contribution in [0.3, 0.4) is 0 Å². The zero-order valence-corrected chi connectivity index (χ0v) is 30.7. The van der Waals surface area contributed by atoms with Crippen LogP contribution in [0.2, 0.25) is 0 Å². The van der Waals surface area contributed by atoms with Crippen molar-refractivity contribution >= 4 is 18.1 Å². The van der Waals surface area contributed by atoms with Crippen molar-refractivity contribution in [2.24, 2.45) is 10.8 Å². The number of carbonyl (C=O) groups is 3. The zero-order valence-electron chi connectivity index (χ0n) is 30.7. The number of alkyl carbamates (subject to hydrolysis) is 2. The molecule has 1 aromatic heterocycles. The van der Waals surface area contributed by atoms with Crippen molar-refractivity contribution in [2.45, 2.75) is 91.1 Å². The minimum atomic E-state index is -0.913. The second-order valence-electron chi connectivity index (χ2n) is 14.8. The molecule has 0 spiro atoms. The number of aromatic nitrogens is 1. The van der Waals surface area contributed by atoms with E-state index in [1.807, 2.05) is 108 Å². The molecule has 3 amide bonds. The van der Waals surface area contributed by atoms with E-state index in [1.165, 1.54) is 14.2 Å². The Morgan fingerprint density at radius 2 is 1.28 bits per heavy atom. The Morgan fingerprint density at radius 3 is 1.84 bits per heavy atom. The summed E-state index contributed by atoms with van der Waals surface area (Å²) >= 11 is 0. The Bertz CT molecular complexity index is 1490. The number of carbonyl (C=O) groups excluding carboxylic acids is 3. The fourth-order valence-electron chi connectivity index (χ4n) is 5.70. The predicted molar refractivity (Wildman–Crippen MR) is 195 cm³/mol. The molecule has 0 bridgehead atoms. The Labute approximate surface area is 296 Å². The highest BCUT2D eigenvalue weighted by molar-refractivity contribution is 5.86. The molecule has 5 N–H and O–H groups in total. The van der Waals surface area contributed by atoms with Crippen molar-refractivity contribution in [1.29, 1.82) is 0 Å². The standard InChI is InChI=1S/C39H55N5O6/c1-38(2,3)33(43-36(47)49-7)25-41-31(23-27-14-16-28(17-15-27)29-18-20-40-21-19-29)32(45)24-30(22-26-12-10-9-11-13-26)42-35(46)34(39(4,5)6)44-37(48)50-8/h9-21,30-34,41,45H,22-25H2,1-8H3,(H,42,46)(H,43,47)(H,44,48)/t30-,31-,32-,33+,34+/m0/s1. The van der Waals surface area contributed by atoms with Gasteiger partial charge in [0.2, 0.25) is 5.91 Å². The van der Waals surface area contributed by atoms with E-state index in [2.05, 4.69) is 26.3 Å². The average molecular weight is 690 g/mol. The number of methoxy groups -OCH3 is 2. The fraction of sp³-hybridized carbons (Fsp3) is 0.487. The summed E-state index contributed by atoms with van der Waals surface area (Å²) in [5.74, 6) is -0.373. The second-order valence-corrected chi connectivity index (χ2v) is 14.8. The van der Waals surface area contributed by atoms with E-state index < -0.39 is 41.8 Å². The lowest BCUT2D eigenvalue weighted by molar-refractivity contribution is -0.126.